The Kier molecular flexibility index (Phi) is 5.05. The van der Waals surface area contributed by atoms with Crippen LogP contribution in [0.2, 0.25) is 10.0 Å². The molecule has 0 spiro atoms. The second kappa shape index (κ2) is 6.57. The predicted octanol–water partition coefficient (Wildman–Crippen LogP) is 2.65. The quantitative estimate of drug-likeness (QED) is 0.933. The van der Waals surface area contributed by atoms with Crippen molar-refractivity contribution in [2.24, 2.45) is 0 Å². The molecule has 104 valence electrons. The average Bonchev–Trinajstić information content (AvgIpc) is 2.42. The number of anilines is 1. The molecular formula is C13H16Cl2N2O2. The van der Waals surface area contributed by atoms with Crippen molar-refractivity contribution in [3.05, 3.63) is 28.2 Å². The number of morpholine rings is 1. The van der Waals surface area contributed by atoms with Crippen molar-refractivity contribution < 1.29 is 9.53 Å². The second-order valence-corrected chi connectivity index (χ2v) is 5.28. The molecule has 1 aliphatic rings. The number of amides is 1. The van der Waals surface area contributed by atoms with E-state index in [1.165, 1.54) is 0 Å². The minimum absolute atomic E-state index is 0.0777. The van der Waals surface area contributed by atoms with Gasteiger partial charge in [0.25, 0.3) is 0 Å². The summed E-state index contributed by atoms with van der Waals surface area (Å²) in [7, 11) is 0. The molecule has 0 aliphatic carbocycles. The number of ether oxygens (including phenoxy) is 1. The molecule has 1 amide bonds. The number of nitrogens with zero attached hydrogens (tertiary/aromatic N) is 1. The van der Waals surface area contributed by atoms with E-state index in [1.807, 2.05) is 6.92 Å². The Labute approximate surface area is 122 Å². The van der Waals surface area contributed by atoms with Crippen LogP contribution in [0.25, 0.3) is 0 Å². The van der Waals surface area contributed by atoms with Crippen LogP contribution in [0, 0.1) is 0 Å². The van der Waals surface area contributed by atoms with E-state index < -0.39 is 0 Å². The van der Waals surface area contributed by atoms with Gasteiger partial charge in [-0.1, -0.05) is 23.2 Å². The molecule has 0 unspecified atom stereocenters. The summed E-state index contributed by atoms with van der Waals surface area (Å²) in [6.45, 7) is 4.75. The molecule has 0 saturated carbocycles. The van der Waals surface area contributed by atoms with Gasteiger partial charge in [-0.05, 0) is 25.1 Å². The monoisotopic (exact) mass is 302 g/mol. The van der Waals surface area contributed by atoms with Gasteiger partial charge < -0.3 is 10.1 Å². The fraction of sp³-hybridized carbons (Fsp3) is 0.462. The third kappa shape index (κ3) is 3.83. The molecule has 1 atom stereocenters. The molecule has 4 nitrogen and oxygen atoms in total. The van der Waals surface area contributed by atoms with E-state index in [1.54, 1.807) is 18.2 Å². The summed E-state index contributed by atoms with van der Waals surface area (Å²) in [5, 5.41) is 3.81. The van der Waals surface area contributed by atoms with Crippen LogP contribution in [-0.2, 0) is 9.53 Å². The predicted molar refractivity (Wildman–Crippen MR) is 76.9 cm³/mol. The molecule has 19 heavy (non-hydrogen) atoms. The van der Waals surface area contributed by atoms with E-state index >= 15 is 0 Å². The van der Waals surface area contributed by atoms with E-state index in [0.29, 0.717) is 28.9 Å². The number of carbonyl (C=O) groups is 1. The van der Waals surface area contributed by atoms with Gasteiger partial charge >= 0.3 is 0 Å². The zero-order valence-corrected chi connectivity index (χ0v) is 12.2. The van der Waals surface area contributed by atoms with E-state index in [4.69, 9.17) is 27.9 Å². The Morgan fingerprint density at radius 2 is 2.05 bits per heavy atom. The number of carbonyl (C=O) groups excluding carboxylic acids is 1. The van der Waals surface area contributed by atoms with Crippen LogP contribution in [0.4, 0.5) is 5.69 Å². The van der Waals surface area contributed by atoms with E-state index in [-0.39, 0.29) is 11.9 Å². The summed E-state index contributed by atoms with van der Waals surface area (Å²) >= 11 is 11.8. The van der Waals surface area contributed by atoms with Crippen molar-refractivity contribution in [3.63, 3.8) is 0 Å². The first kappa shape index (κ1) is 14.6. The number of hydrogen-bond donors (Lipinski definition) is 1. The number of nitrogens with one attached hydrogen (secondary N) is 1. The molecule has 0 radical (unpaired) electrons. The Balaban J connectivity index is 1.99. The van der Waals surface area contributed by atoms with E-state index in [0.717, 1.165) is 13.1 Å². The third-order valence-corrected chi connectivity index (χ3v) is 3.71. The summed E-state index contributed by atoms with van der Waals surface area (Å²) in [6.07, 6.45) is 0. The number of halogens is 2. The van der Waals surface area contributed by atoms with Gasteiger partial charge in [-0.3, -0.25) is 9.69 Å². The minimum atomic E-state index is -0.212. The van der Waals surface area contributed by atoms with Crippen LogP contribution < -0.4 is 5.32 Å². The van der Waals surface area contributed by atoms with Gasteiger partial charge in [0.05, 0.1) is 30.0 Å². The van der Waals surface area contributed by atoms with Crippen molar-refractivity contribution in [2.45, 2.75) is 13.0 Å². The summed E-state index contributed by atoms with van der Waals surface area (Å²) in [5.41, 5.74) is 0.580. The smallest absolute Gasteiger partial charge is 0.241 e. The Morgan fingerprint density at radius 1 is 1.37 bits per heavy atom. The molecule has 1 fully saturated rings. The van der Waals surface area contributed by atoms with E-state index in [2.05, 4.69) is 10.2 Å². The maximum atomic E-state index is 12.2. The number of hydrogen-bond acceptors (Lipinski definition) is 3. The van der Waals surface area contributed by atoms with Crippen LogP contribution in [0.15, 0.2) is 18.2 Å². The van der Waals surface area contributed by atoms with Gasteiger partial charge in [0.15, 0.2) is 0 Å². The highest BCUT2D eigenvalue weighted by Gasteiger charge is 2.23. The molecular weight excluding hydrogens is 287 g/mol. The largest absolute Gasteiger partial charge is 0.379 e. The van der Waals surface area contributed by atoms with Crippen LogP contribution in [0.5, 0.6) is 0 Å². The third-order valence-electron chi connectivity index (χ3n) is 3.16. The Morgan fingerprint density at radius 3 is 2.68 bits per heavy atom. The maximum absolute atomic E-state index is 12.2. The van der Waals surface area contributed by atoms with Gasteiger partial charge in [0.2, 0.25) is 5.91 Å². The first-order chi connectivity index (χ1) is 9.08. The van der Waals surface area contributed by atoms with Crippen molar-refractivity contribution in [1.29, 1.82) is 0 Å². The average molecular weight is 303 g/mol. The highest BCUT2D eigenvalue weighted by atomic mass is 35.5. The first-order valence-corrected chi connectivity index (χ1v) is 6.91. The molecule has 1 heterocycles. The SMILES string of the molecule is C[C@H](C(=O)Nc1ccc(Cl)cc1Cl)N1CCOCC1. The van der Waals surface area contributed by atoms with Gasteiger partial charge in [-0.25, -0.2) is 0 Å². The standard InChI is InChI=1S/C13H16Cl2N2O2/c1-9(17-4-6-19-7-5-17)13(18)16-12-3-2-10(14)8-11(12)15/h2-3,8-9H,4-7H2,1H3,(H,16,18)/t9-/m1/s1. The Bertz CT molecular complexity index is 462. The normalized spacial score (nSPS) is 18.1. The highest BCUT2D eigenvalue weighted by Crippen LogP contribution is 2.25. The maximum Gasteiger partial charge on any atom is 0.241 e. The molecule has 1 aromatic rings. The zero-order chi connectivity index (χ0) is 13.8. The lowest BCUT2D eigenvalue weighted by Crippen LogP contribution is -2.47. The Hall–Kier alpha value is -0.810. The summed E-state index contributed by atoms with van der Waals surface area (Å²) in [5.74, 6) is -0.0777. The lowest BCUT2D eigenvalue weighted by atomic mass is 10.2. The molecule has 6 heteroatoms. The zero-order valence-electron chi connectivity index (χ0n) is 10.7. The highest BCUT2D eigenvalue weighted by molar-refractivity contribution is 6.36. The fourth-order valence-electron chi connectivity index (χ4n) is 1.96. The number of benzene rings is 1. The van der Waals surface area contributed by atoms with Crippen molar-refractivity contribution >= 4 is 34.8 Å². The minimum Gasteiger partial charge on any atom is -0.379 e. The van der Waals surface area contributed by atoms with Crippen LogP contribution >= 0.6 is 23.2 Å². The molecule has 2 rings (SSSR count). The lowest BCUT2D eigenvalue weighted by molar-refractivity contribution is -0.122. The summed E-state index contributed by atoms with van der Waals surface area (Å²) in [4.78, 5) is 14.2. The topological polar surface area (TPSA) is 41.6 Å². The molecule has 1 aliphatic heterocycles. The summed E-state index contributed by atoms with van der Waals surface area (Å²) < 4.78 is 5.27. The van der Waals surface area contributed by atoms with Gasteiger partial charge in [-0.15, -0.1) is 0 Å². The number of rotatable bonds is 3. The molecule has 0 aromatic heterocycles. The van der Waals surface area contributed by atoms with Crippen LogP contribution in [0.1, 0.15) is 6.92 Å². The molecule has 1 N–H and O–H groups in total. The first-order valence-electron chi connectivity index (χ1n) is 6.15. The lowest BCUT2D eigenvalue weighted by Gasteiger charge is -2.31. The van der Waals surface area contributed by atoms with E-state index in [9.17, 15) is 4.79 Å². The fourth-order valence-corrected chi connectivity index (χ4v) is 2.41. The van der Waals surface area contributed by atoms with Gasteiger partial charge in [0, 0.05) is 18.1 Å². The van der Waals surface area contributed by atoms with Crippen molar-refractivity contribution in [3.8, 4) is 0 Å². The molecule has 1 saturated heterocycles. The molecule has 1 aromatic carbocycles. The van der Waals surface area contributed by atoms with Crippen LogP contribution in [0.3, 0.4) is 0 Å². The van der Waals surface area contributed by atoms with Crippen LogP contribution in [-0.4, -0.2) is 43.2 Å². The van der Waals surface area contributed by atoms with Gasteiger partial charge in [-0.2, -0.15) is 0 Å². The van der Waals surface area contributed by atoms with Gasteiger partial charge in [0.1, 0.15) is 0 Å². The molecule has 0 bridgehead atoms. The second-order valence-electron chi connectivity index (χ2n) is 4.44. The van der Waals surface area contributed by atoms with Crippen molar-refractivity contribution in [2.75, 3.05) is 31.6 Å². The summed E-state index contributed by atoms with van der Waals surface area (Å²) in [6, 6.07) is 4.80. The van der Waals surface area contributed by atoms with Crippen molar-refractivity contribution in [1.82, 2.24) is 4.90 Å².